The van der Waals surface area contributed by atoms with Crippen LogP contribution in [0.3, 0.4) is 0 Å². The average molecular weight is 382 g/mol. The summed E-state index contributed by atoms with van der Waals surface area (Å²) < 4.78 is 4.54. The van der Waals surface area contributed by atoms with Crippen molar-refractivity contribution >= 4 is 11.9 Å². The molecule has 0 aromatic rings. The Morgan fingerprint density at radius 3 is 1.41 bits per heavy atom. The Bertz CT molecular complexity index is 404. The third-order valence-corrected chi connectivity index (χ3v) is 5.11. The largest absolute Gasteiger partial charge is 0.466 e. The minimum Gasteiger partial charge on any atom is -0.466 e. The summed E-state index contributed by atoms with van der Waals surface area (Å²) in [6, 6.07) is 0. The number of hydrogen-bond acceptors (Lipinski definition) is 3. The van der Waals surface area contributed by atoms with Gasteiger partial charge in [-0.15, -0.1) is 0 Å². The Balaban J connectivity index is 3.39. The molecule has 0 atom stereocenters. The van der Waals surface area contributed by atoms with Crippen molar-refractivity contribution in [3.05, 3.63) is 11.6 Å². The summed E-state index contributed by atoms with van der Waals surface area (Å²) in [7, 11) is 1.30. The number of unbranched alkanes of at least 4 members (excludes halogenated alkanes) is 15. The minimum atomic E-state index is -0.527. The zero-order valence-electron chi connectivity index (χ0n) is 17.9. The fourth-order valence-electron chi connectivity index (χ4n) is 3.33. The molecular formula is C23H43NO3. The summed E-state index contributed by atoms with van der Waals surface area (Å²) >= 11 is 0. The third-order valence-electron chi connectivity index (χ3n) is 5.11. The Hall–Kier alpha value is -1.32. The van der Waals surface area contributed by atoms with Crippen LogP contribution in [0.5, 0.6) is 0 Å². The van der Waals surface area contributed by atoms with Gasteiger partial charge in [0.15, 0.2) is 0 Å². The number of amides is 1. The lowest BCUT2D eigenvalue weighted by atomic mass is 10.0. The van der Waals surface area contributed by atoms with Crippen LogP contribution < -0.4 is 5.73 Å². The van der Waals surface area contributed by atoms with Gasteiger partial charge in [-0.3, -0.25) is 4.79 Å². The van der Waals surface area contributed by atoms with Gasteiger partial charge in [-0.2, -0.15) is 0 Å². The number of nitrogens with two attached hydrogens (primary N) is 1. The van der Waals surface area contributed by atoms with Gasteiger partial charge in [-0.05, 0) is 12.8 Å². The van der Waals surface area contributed by atoms with E-state index in [1.165, 1.54) is 103 Å². The molecule has 1 amide bonds. The Labute approximate surface area is 167 Å². The van der Waals surface area contributed by atoms with Gasteiger partial charge < -0.3 is 10.5 Å². The standard InChI is InChI=1S/C23H43NO3/c1-3-4-5-6-7-8-9-10-11-12-13-14-15-16-17-18-19-21(23(24)26)20-22(25)27-2/h20H,3-19H2,1-2H3,(H2,24,26)/b21-20-. The highest BCUT2D eigenvalue weighted by Gasteiger charge is 2.07. The summed E-state index contributed by atoms with van der Waals surface area (Å²) in [5.41, 5.74) is 5.66. The van der Waals surface area contributed by atoms with E-state index >= 15 is 0 Å². The second-order valence-electron chi connectivity index (χ2n) is 7.61. The highest BCUT2D eigenvalue weighted by Crippen LogP contribution is 2.15. The molecule has 2 N–H and O–H groups in total. The van der Waals surface area contributed by atoms with Crippen LogP contribution in [-0.4, -0.2) is 19.0 Å². The van der Waals surface area contributed by atoms with Crippen molar-refractivity contribution in [2.24, 2.45) is 5.73 Å². The summed E-state index contributed by atoms with van der Waals surface area (Å²) in [4.78, 5) is 22.5. The van der Waals surface area contributed by atoms with Gasteiger partial charge in [0.1, 0.15) is 0 Å². The molecule has 27 heavy (non-hydrogen) atoms. The lowest BCUT2D eigenvalue weighted by molar-refractivity contribution is -0.135. The lowest BCUT2D eigenvalue weighted by Crippen LogP contribution is -2.15. The van der Waals surface area contributed by atoms with E-state index in [9.17, 15) is 9.59 Å². The highest BCUT2D eigenvalue weighted by atomic mass is 16.5. The number of hydrogen-bond donors (Lipinski definition) is 1. The first-order valence-electron chi connectivity index (χ1n) is 11.2. The molecule has 0 bridgehead atoms. The fraction of sp³-hybridized carbons (Fsp3) is 0.826. The van der Waals surface area contributed by atoms with Crippen LogP contribution in [0.15, 0.2) is 11.6 Å². The first kappa shape index (κ1) is 25.7. The predicted octanol–water partition coefficient (Wildman–Crippen LogP) is 6.22. The quantitative estimate of drug-likeness (QED) is 0.164. The number of rotatable bonds is 19. The van der Waals surface area contributed by atoms with Crippen LogP contribution >= 0.6 is 0 Å². The van der Waals surface area contributed by atoms with Gasteiger partial charge in [0.25, 0.3) is 0 Å². The molecule has 0 aliphatic heterocycles. The molecule has 0 aliphatic rings. The maximum atomic E-state index is 11.3. The van der Waals surface area contributed by atoms with Crippen molar-refractivity contribution in [3.8, 4) is 0 Å². The van der Waals surface area contributed by atoms with Gasteiger partial charge >= 0.3 is 5.97 Å². The Morgan fingerprint density at radius 2 is 1.07 bits per heavy atom. The molecule has 0 spiro atoms. The Morgan fingerprint density at radius 1 is 0.704 bits per heavy atom. The number of ether oxygens (including phenoxy) is 1. The molecule has 0 aromatic heterocycles. The van der Waals surface area contributed by atoms with E-state index in [-0.39, 0.29) is 0 Å². The van der Waals surface area contributed by atoms with Crippen LogP contribution in [-0.2, 0) is 14.3 Å². The van der Waals surface area contributed by atoms with Gasteiger partial charge in [0.2, 0.25) is 5.91 Å². The van der Waals surface area contributed by atoms with E-state index in [0.717, 1.165) is 12.8 Å². The molecule has 0 rings (SSSR count). The van der Waals surface area contributed by atoms with Gasteiger partial charge in [-0.1, -0.05) is 103 Å². The van der Waals surface area contributed by atoms with Crippen molar-refractivity contribution in [1.29, 1.82) is 0 Å². The first-order valence-corrected chi connectivity index (χ1v) is 11.2. The summed E-state index contributed by atoms with van der Waals surface area (Å²) in [6.45, 7) is 2.27. The second kappa shape index (κ2) is 19.4. The van der Waals surface area contributed by atoms with E-state index in [0.29, 0.717) is 12.0 Å². The number of carbonyl (C=O) groups excluding carboxylic acids is 2. The second-order valence-corrected chi connectivity index (χ2v) is 7.61. The number of methoxy groups -OCH3 is 1. The zero-order chi connectivity index (χ0) is 20.2. The molecule has 0 aromatic carbocycles. The van der Waals surface area contributed by atoms with Crippen LogP contribution in [0, 0.1) is 0 Å². The monoisotopic (exact) mass is 381 g/mol. The highest BCUT2D eigenvalue weighted by molar-refractivity contribution is 5.98. The van der Waals surface area contributed by atoms with E-state index in [4.69, 9.17) is 5.73 Å². The van der Waals surface area contributed by atoms with E-state index in [2.05, 4.69) is 11.7 Å². The first-order chi connectivity index (χ1) is 13.1. The lowest BCUT2D eigenvalue weighted by Gasteiger charge is -2.05. The van der Waals surface area contributed by atoms with Crippen LogP contribution in [0.25, 0.3) is 0 Å². The molecule has 4 heteroatoms. The van der Waals surface area contributed by atoms with Crippen molar-refractivity contribution in [2.45, 2.75) is 116 Å². The van der Waals surface area contributed by atoms with Gasteiger partial charge in [0, 0.05) is 11.6 Å². The van der Waals surface area contributed by atoms with Gasteiger partial charge in [0.05, 0.1) is 7.11 Å². The minimum absolute atomic E-state index is 0.368. The molecule has 0 aliphatic carbocycles. The van der Waals surface area contributed by atoms with Gasteiger partial charge in [-0.25, -0.2) is 4.79 Å². The number of carbonyl (C=O) groups is 2. The molecule has 0 saturated carbocycles. The fourth-order valence-corrected chi connectivity index (χ4v) is 3.33. The van der Waals surface area contributed by atoms with Crippen molar-refractivity contribution in [3.63, 3.8) is 0 Å². The Kier molecular flexibility index (Phi) is 18.5. The van der Waals surface area contributed by atoms with Crippen LogP contribution in [0.1, 0.15) is 116 Å². The maximum Gasteiger partial charge on any atom is 0.330 e. The van der Waals surface area contributed by atoms with Crippen molar-refractivity contribution in [2.75, 3.05) is 7.11 Å². The van der Waals surface area contributed by atoms with E-state index < -0.39 is 11.9 Å². The predicted molar refractivity (Wildman–Crippen MR) is 113 cm³/mol. The normalized spacial score (nSPS) is 11.6. The van der Waals surface area contributed by atoms with Crippen LogP contribution in [0.4, 0.5) is 0 Å². The molecule has 0 saturated heterocycles. The van der Waals surface area contributed by atoms with Crippen LogP contribution in [0.2, 0.25) is 0 Å². The molecule has 0 unspecified atom stereocenters. The molecule has 0 radical (unpaired) electrons. The van der Waals surface area contributed by atoms with Crippen molar-refractivity contribution in [1.82, 2.24) is 0 Å². The maximum absolute atomic E-state index is 11.3. The molecular weight excluding hydrogens is 338 g/mol. The van der Waals surface area contributed by atoms with Crippen molar-refractivity contribution < 1.29 is 14.3 Å². The summed E-state index contributed by atoms with van der Waals surface area (Å²) in [6.07, 6.45) is 22.8. The molecule has 0 heterocycles. The zero-order valence-corrected chi connectivity index (χ0v) is 17.9. The number of esters is 1. The SMILES string of the molecule is CCCCCCCCCCCCCCCCCC/C(=C/C(=O)OC)C(N)=O. The summed E-state index contributed by atoms with van der Waals surface area (Å²) in [5, 5.41) is 0. The van der Waals surface area contributed by atoms with E-state index in [1.807, 2.05) is 0 Å². The topological polar surface area (TPSA) is 69.4 Å². The third kappa shape index (κ3) is 17.8. The number of primary amides is 1. The smallest absolute Gasteiger partial charge is 0.330 e. The molecule has 158 valence electrons. The average Bonchev–Trinajstić information content (AvgIpc) is 2.66. The molecule has 0 fully saturated rings. The summed E-state index contributed by atoms with van der Waals surface area (Å²) in [5.74, 6) is -1.04. The van der Waals surface area contributed by atoms with E-state index in [1.54, 1.807) is 0 Å². The molecule has 4 nitrogen and oxygen atoms in total.